The minimum absolute atomic E-state index is 0.0464. The van der Waals surface area contributed by atoms with Crippen LogP contribution in [0.5, 0.6) is 11.5 Å². The lowest BCUT2D eigenvalue weighted by Crippen LogP contribution is -2.44. The van der Waals surface area contributed by atoms with Crippen LogP contribution in [0.4, 0.5) is 0 Å². The number of piperidine rings is 1. The molecular formula is C25H31N3O3. The predicted octanol–water partition coefficient (Wildman–Crippen LogP) is 4.26. The van der Waals surface area contributed by atoms with Crippen molar-refractivity contribution in [1.82, 2.24) is 9.91 Å². The summed E-state index contributed by atoms with van der Waals surface area (Å²) in [4.78, 5) is 15.7. The van der Waals surface area contributed by atoms with Gasteiger partial charge in [0.2, 0.25) is 0 Å². The Balaban J connectivity index is 1.64. The van der Waals surface area contributed by atoms with E-state index in [4.69, 9.17) is 14.6 Å². The number of amides is 1. The maximum Gasteiger partial charge on any atom is 0.257 e. The van der Waals surface area contributed by atoms with Crippen molar-refractivity contribution in [3.63, 3.8) is 0 Å². The monoisotopic (exact) mass is 421 g/mol. The van der Waals surface area contributed by atoms with Crippen LogP contribution in [0.2, 0.25) is 0 Å². The van der Waals surface area contributed by atoms with Crippen LogP contribution in [0, 0.1) is 0 Å². The fourth-order valence-corrected chi connectivity index (χ4v) is 4.51. The highest BCUT2D eigenvalue weighted by molar-refractivity contribution is 6.05. The number of likely N-dealkylation sites (tertiary alicyclic amines) is 1. The van der Waals surface area contributed by atoms with E-state index in [1.165, 1.54) is 6.42 Å². The van der Waals surface area contributed by atoms with Gasteiger partial charge >= 0.3 is 0 Å². The normalized spacial score (nSPS) is 21.6. The van der Waals surface area contributed by atoms with E-state index >= 15 is 0 Å². The third-order valence-corrected chi connectivity index (χ3v) is 6.35. The highest BCUT2D eigenvalue weighted by Gasteiger charge is 2.35. The van der Waals surface area contributed by atoms with Crippen molar-refractivity contribution in [2.24, 2.45) is 5.10 Å². The summed E-state index contributed by atoms with van der Waals surface area (Å²) in [6.07, 6.45) is 4.18. The second kappa shape index (κ2) is 9.52. The molecule has 2 heterocycles. The molecule has 0 saturated carbocycles. The number of carbonyl (C=O) groups is 1. The topological polar surface area (TPSA) is 54.4 Å². The number of hydrazone groups is 1. The molecule has 0 spiro atoms. The summed E-state index contributed by atoms with van der Waals surface area (Å²) in [5.41, 5.74) is 2.84. The lowest BCUT2D eigenvalue weighted by molar-refractivity contribution is -0.135. The molecule has 0 unspecified atom stereocenters. The molecule has 2 aromatic rings. The molecular weight excluding hydrogens is 390 g/mol. The van der Waals surface area contributed by atoms with Crippen molar-refractivity contribution in [1.29, 1.82) is 0 Å². The van der Waals surface area contributed by atoms with Crippen LogP contribution in [0.15, 0.2) is 53.6 Å². The van der Waals surface area contributed by atoms with Crippen LogP contribution < -0.4 is 9.47 Å². The van der Waals surface area contributed by atoms with E-state index in [-0.39, 0.29) is 11.9 Å². The number of hydrogen-bond acceptors (Lipinski definition) is 5. The Morgan fingerprint density at radius 3 is 2.61 bits per heavy atom. The van der Waals surface area contributed by atoms with Gasteiger partial charge in [-0.2, -0.15) is 5.10 Å². The van der Waals surface area contributed by atoms with Crippen LogP contribution in [0.3, 0.4) is 0 Å². The van der Waals surface area contributed by atoms with Crippen molar-refractivity contribution in [3.8, 4) is 11.5 Å². The van der Waals surface area contributed by atoms with Crippen LogP contribution in [0.25, 0.3) is 0 Å². The lowest BCUT2D eigenvalue weighted by atomic mass is 9.97. The Labute approximate surface area is 184 Å². The summed E-state index contributed by atoms with van der Waals surface area (Å²) in [6.45, 7) is 3.59. The van der Waals surface area contributed by atoms with Gasteiger partial charge in [-0.05, 0) is 44.0 Å². The smallest absolute Gasteiger partial charge is 0.257 e. The first-order valence-electron chi connectivity index (χ1n) is 11.0. The average molecular weight is 422 g/mol. The van der Waals surface area contributed by atoms with Crippen molar-refractivity contribution in [2.75, 3.05) is 27.3 Å². The maximum atomic E-state index is 13.4. The largest absolute Gasteiger partial charge is 0.497 e. The van der Waals surface area contributed by atoms with Gasteiger partial charge in [0, 0.05) is 24.1 Å². The molecule has 0 N–H and O–H groups in total. The van der Waals surface area contributed by atoms with Gasteiger partial charge in [-0.1, -0.05) is 36.8 Å². The number of methoxy groups -OCH3 is 2. The molecule has 0 aliphatic carbocycles. The van der Waals surface area contributed by atoms with Crippen LogP contribution >= 0.6 is 0 Å². The number of hydrogen-bond donors (Lipinski definition) is 0. The second-order valence-electron chi connectivity index (χ2n) is 8.30. The molecule has 2 atom stereocenters. The molecule has 2 aliphatic rings. The molecule has 2 aromatic carbocycles. The molecule has 6 heteroatoms. The fourth-order valence-electron chi connectivity index (χ4n) is 4.51. The first-order valence-corrected chi connectivity index (χ1v) is 11.0. The number of benzene rings is 2. The number of nitrogens with zero attached hydrogens (tertiary/aromatic N) is 3. The average Bonchev–Trinajstić information content (AvgIpc) is 3.26. The Hall–Kier alpha value is -2.86. The molecule has 1 fully saturated rings. The third-order valence-electron chi connectivity index (χ3n) is 6.35. The third kappa shape index (κ3) is 4.59. The van der Waals surface area contributed by atoms with Gasteiger partial charge in [0.25, 0.3) is 5.91 Å². The summed E-state index contributed by atoms with van der Waals surface area (Å²) in [5.74, 6) is 1.47. The van der Waals surface area contributed by atoms with E-state index in [0.29, 0.717) is 24.8 Å². The van der Waals surface area contributed by atoms with E-state index in [9.17, 15) is 4.79 Å². The SMILES string of the molecule is COc1ccc(C2=NN(C(=O)CN3CCCC[C@@H]3C)[C@@H](c3ccccc3)C2)c(OC)c1. The zero-order valence-electron chi connectivity index (χ0n) is 18.6. The first-order chi connectivity index (χ1) is 15.1. The number of rotatable bonds is 6. The molecule has 31 heavy (non-hydrogen) atoms. The molecule has 4 rings (SSSR count). The molecule has 164 valence electrons. The number of ether oxygens (including phenoxy) is 2. The van der Waals surface area contributed by atoms with Crippen LogP contribution in [-0.2, 0) is 4.79 Å². The van der Waals surface area contributed by atoms with E-state index in [1.54, 1.807) is 19.2 Å². The van der Waals surface area contributed by atoms with Crippen molar-refractivity contribution in [2.45, 2.75) is 44.7 Å². The van der Waals surface area contributed by atoms with Gasteiger partial charge < -0.3 is 9.47 Å². The highest BCUT2D eigenvalue weighted by atomic mass is 16.5. The number of carbonyl (C=O) groups excluding carboxylic acids is 1. The second-order valence-corrected chi connectivity index (χ2v) is 8.30. The Kier molecular flexibility index (Phi) is 6.56. The minimum atomic E-state index is -0.115. The predicted molar refractivity (Wildman–Crippen MR) is 122 cm³/mol. The molecule has 0 radical (unpaired) electrons. The van der Waals surface area contributed by atoms with E-state index < -0.39 is 0 Å². The standard InChI is InChI=1S/C25H31N3O3/c1-18-9-7-8-14-27(18)17-25(29)28-23(19-10-5-4-6-11-19)16-22(26-28)21-13-12-20(30-2)15-24(21)31-3/h4-6,10-13,15,18,23H,7-9,14,16-17H2,1-3H3/t18-,23+/m0/s1. The summed E-state index contributed by atoms with van der Waals surface area (Å²) >= 11 is 0. The van der Waals surface area contributed by atoms with Gasteiger partial charge in [-0.15, -0.1) is 0 Å². The molecule has 6 nitrogen and oxygen atoms in total. The zero-order chi connectivity index (χ0) is 21.8. The summed E-state index contributed by atoms with van der Waals surface area (Å²) in [7, 11) is 3.28. The highest BCUT2D eigenvalue weighted by Crippen LogP contribution is 2.36. The molecule has 0 bridgehead atoms. The lowest BCUT2D eigenvalue weighted by Gasteiger charge is -2.34. The molecule has 0 aromatic heterocycles. The summed E-state index contributed by atoms with van der Waals surface area (Å²) in [6, 6.07) is 16.2. The summed E-state index contributed by atoms with van der Waals surface area (Å²) < 4.78 is 10.9. The fraction of sp³-hybridized carbons (Fsp3) is 0.440. The summed E-state index contributed by atoms with van der Waals surface area (Å²) in [5, 5.41) is 6.51. The van der Waals surface area contributed by atoms with Gasteiger partial charge in [0.1, 0.15) is 11.5 Å². The molecule has 2 aliphatic heterocycles. The van der Waals surface area contributed by atoms with E-state index in [0.717, 1.165) is 42.0 Å². The van der Waals surface area contributed by atoms with Gasteiger partial charge in [-0.25, -0.2) is 5.01 Å². The Bertz CT molecular complexity index is 944. The Morgan fingerprint density at radius 2 is 1.90 bits per heavy atom. The van der Waals surface area contributed by atoms with Crippen LogP contribution in [-0.4, -0.2) is 54.9 Å². The molecule has 1 saturated heterocycles. The van der Waals surface area contributed by atoms with Gasteiger partial charge in [0.05, 0.1) is 32.5 Å². The van der Waals surface area contributed by atoms with Crippen LogP contribution in [0.1, 0.15) is 49.8 Å². The minimum Gasteiger partial charge on any atom is -0.497 e. The van der Waals surface area contributed by atoms with Crippen molar-refractivity contribution in [3.05, 3.63) is 59.7 Å². The first kappa shape index (κ1) is 21.4. The Morgan fingerprint density at radius 1 is 1.10 bits per heavy atom. The van der Waals surface area contributed by atoms with Crippen molar-refractivity contribution >= 4 is 11.6 Å². The maximum absolute atomic E-state index is 13.4. The van der Waals surface area contributed by atoms with Gasteiger partial charge in [0.15, 0.2) is 0 Å². The molecule has 1 amide bonds. The quantitative estimate of drug-likeness (QED) is 0.700. The zero-order valence-corrected chi connectivity index (χ0v) is 18.6. The van der Waals surface area contributed by atoms with E-state index in [1.807, 2.05) is 36.4 Å². The van der Waals surface area contributed by atoms with Crippen molar-refractivity contribution < 1.29 is 14.3 Å². The van der Waals surface area contributed by atoms with E-state index in [2.05, 4.69) is 24.0 Å². The van der Waals surface area contributed by atoms with Gasteiger partial charge in [-0.3, -0.25) is 9.69 Å².